The number of carbonyl (C=O) groups is 1. The number of nitrogens with zero attached hydrogens (tertiary/aromatic N) is 1. The van der Waals surface area contributed by atoms with Crippen molar-refractivity contribution in [3.05, 3.63) is 0 Å². The van der Waals surface area contributed by atoms with Crippen LogP contribution >= 0.6 is 0 Å². The normalized spacial score (nSPS) is 16.9. The molecule has 3 heteroatoms. The Morgan fingerprint density at radius 1 is 1.12 bits per heavy atom. The van der Waals surface area contributed by atoms with Gasteiger partial charge in [0.05, 0.1) is 32.1 Å². The van der Waals surface area contributed by atoms with Crippen molar-refractivity contribution in [2.24, 2.45) is 5.41 Å². The Labute approximate surface area is 100 Å². The Morgan fingerprint density at radius 3 is 1.81 bits per heavy atom. The summed E-state index contributed by atoms with van der Waals surface area (Å²) in [5, 5.41) is 8.83. The molecule has 16 heavy (non-hydrogen) atoms. The van der Waals surface area contributed by atoms with Crippen molar-refractivity contribution in [2.45, 2.75) is 53.5 Å². The molecule has 0 saturated carbocycles. The minimum absolute atomic E-state index is 0.0722. The molecule has 0 aliphatic rings. The lowest BCUT2D eigenvalue weighted by atomic mass is 9.90. The minimum Gasteiger partial charge on any atom is -0.481 e. The van der Waals surface area contributed by atoms with Gasteiger partial charge >= 0.3 is 5.97 Å². The molecule has 0 radical (unpaired) electrons. The predicted octanol–water partition coefficient (Wildman–Crippen LogP) is 2.75. The van der Waals surface area contributed by atoms with E-state index >= 15 is 0 Å². The van der Waals surface area contributed by atoms with Gasteiger partial charge in [0.15, 0.2) is 0 Å². The smallest absolute Gasteiger partial charge is 0.309 e. The molecular weight excluding hydrogens is 202 g/mol. The van der Waals surface area contributed by atoms with Gasteiger partial charge < -0.3 is 9.59 Å². The van der Waals surface area contributed by atoms with Crippen LogP contribution in [0.5, 0.6) is 0 Å². The Kier molecular flexibility index (Phi) is 4.57. The third-order valence-electron chi connectivity index (χ3n) is 3.26. The average Bonchev–Trinajstić information content (AvgIpc) is 1.95. The van der Waals surface area contributed by atoms with Gasteiger partial charge in [-0.15, -0.1) is 0 Å². The molecule has 0 aromatic heterocycles. The van der Waals surface area contributed by atoms with Gasteiger partial charge in [-0.05, 0) is 20.8 Å². The summed E-state index contributed by atoms with van der Waals surface area (Å²) >= 11 is 0. The quantitative estimate of drug-likeness (QED) is 0.754. The molecule has 0 aromatic carbocycles. The number of aliphatic carboxylic acids is 1. The van der Waals surface area contributed by atoms with Gasteiger partial charge in [-0.1, -0.05) is 20.8 Å². The molecule has 0 amide bonds. The standard InChI is InChI=1S/C13H27NO2/c1-12(2,3)10-14(7,13(4,5)6)9-8-11(15)16/h8-10H2,1-7H3/p+1. The van der Waals surface area contributed by atoms with Crippen LogP contribution in [-0.2, 0) is 4.79 Å². The zero-order chi connectivity index (χ0) is 13.2. The maximum absolute atomic E-state index is 10.7. The highest BCUT2D eigenvalue weighted by molar-refractivity contribution is 5.66. The molecule has 0 aromatic rings. The molecule has 0 spiro atoms. The van der Waals surface area contributed by atoms with Gasteiger partial charge in [-0.2, -0.15) is 0 Å². The number of hydrogen-bond acceptors (Lipinski definition) is 1. The van der Waals surface area contributed by atoms with Crippen molar-refractivity contribution in [3.8, 4) is 0 Å². The second kappa shape index (κ2) is 4.74. The molecule has 1 atom stereocenters. The monoisotopic (exact) mass is 230 g/mol. The van der Waals surface area contributed by atoms with E-state index in [9.17, 15) is 4.79 Å². The Hall–Kier alpha value is -0.570. The second-order valence-electron chi connectivity index (χ2n) is 7.15. The fraction of sp³-hybridized carbons (Fsp3) is 0.923. The SMILES string of the molecule is CC(C)(C)C[N+](C)(CCC(=O)O)C(C)(C)C. The van der Waals surface area contributed by atoms with Crippen LogP contribution in [-0.4, -0.2) is 41.2 Å². The second-order valence-corrected chi connectivity index (χ2v) is 7.15. The van der Waals surface area contributed by atoms with Crippen LogP contribution in [0.25, 0.3) is 0 Å². The zero-order valence-electron chi connectivity index (χ0n) is 11.9. The molecule has 0 bridgehead atoms. The van der Waals surface area contributed by atoms with E-state index in [1.807, 2.05) is 0 Å². The highest BCUT2D eigenvalue weighted by atomic mass is 16.4. The molecule has 0 saturated heterocycles. The summed E-state index contributed by atoms with van der Waals surface area (Å²) in [6.07, 6.45) is 0.240. The molecule has 96 valence electrons. The summed E-state index contributed by atoms with van der Waals surface area (Å²) in [7, 11) is 2.16. The first-order valence-corrected chi connectivity index (χ1v) is 5.94. The van der Waals surface area contributed by atoms with Crippen LogP contribution in [0.4, 0.5) is 0 Å². The van der Waals surface area contributed by atoms with E-state index in [0.717, 1.165) is 11.0 Å². The lowest BCUT2D eigenvalue weighted by Gasteiger charge is -2.48. The van der Waals surface area contributed by atoms with Crippen LogP contribution in [0, 0.1) is 5.41 Å². The summed E-state index contributed by atoms with van der Waals surface area (Å²) in [6.45, 7) is 14.8. The highest BCUT2D eigenvalue weighted by Crippen LogP contribution is 2.29. The minimum atomic E-state index is -0.706. The maximum atomic E-state index is 10.7. The van der Waals surface area contributed by atoms with Crippen molar-refractivity contribution in [3.63, 3.8) is 0 Å². The Morgan fingerprint density at radius 2 is 1.56 bits per heavy atom. The van der Waals surface area contributed by atoms with Crippen molar-refractivity contribution in [2.75, 3.05) is 20.1 Å². The molecule has 0 aliphatic carbocycles. The number of carboxylic acid groups (broad SMARTS) is 1. The Balaban J connectivity index is 4.83. The van der Waals surface area contributed by atoms with E-state index in [0.29, 0.717) is 6.54 Å². The number of carboxylic acids is 1. The van der Waals surface area contributed by atoms with Crippen LogP contribution in [0.2, 0.25) is 0 Å². The largest absolute Gasteiger partial charge is 0.481 e. The fourth-order valence-corrected chi connectivity index (χ4v) is 2.04. The number of hydrogen-bond donors (Lipinski definition) is 1. The zero-order valence-corrected chi connectivity index (χ0v) is 11.9. The van der Waals surface area contributed by atoms with Gasteiger partial charge in [0, 0.05) is 5.41 Å². The van der Waals surface area contributed by atoms with Crippen LogP contribution in [0.1, 0.15) is 48.0 Å². The van der Waals surface area contributed by atoms with Gasteiger partial charge in [-0.3, -0.25) is 4.79 Å². The van der Waals surface area contributed by atoms with Crippen LogP contribution in [0.15, 0.2) is 0 Å². The van der Waals surface area contributed by atoms with Crippen molar-refractivity contribution < 1.29 is 14.4 Å². The summed E-state index contributed by atoms with van der Waals surface area (Å²) in [5.41, 5.74) is 0.281. The van der Waals surface area contributed by atoms with E-state index in [4.69, 9.17) is 5.11 Å². The van der Waals surface area contributed by atoms with Crippen molar-refractivity contribution in [1.29, 1.82) is 0 Å². The first kappa shape index (κ1) is 15.4. The van der Waals surface area contributed by atoms with Crippen LogP contribution in [0.3, 0.4) is 0 Å². The van der Waals surface area contributed by atoms with E-state index in [1.165, 1.54) is 0 Å². The third-order valence-corrected chi connectivity index (χ3v) is 3.26. The highest BCUT2D eigenvalue weighted by Gasteiger charge is 2.39. The van der Waals surface area contributed by atoms with Crippen molar-refractivity contribution in [1.82, 2.24) is 0 Å². The average molecular weight is 230 g/mol. The van der Waals surface area contributed by atoms with Gasteiger partial charge in [0.2, 0.25) is 0 Å². The van der Waals surface area contributed by atoms with E-state index in [-0.39, 0.29) is 17.4 Å². The number of quaternary nitrogens is 1. The van der Waals surface area contributed by atoms with Crippen LogP contribution < -0.4 is 0 Å². The first-order chi connectivity index (χ1) is 6.87. The van der Waals surface area contributed by atoms with Gasteiger partial charge in [0.25, 0.3) is 0 Å². The van der Waals surface area contributed by atoms with E-state index in [1.54, 1.807) is 0 Å². The molecule has 0 rings (SSSR count). The summed E-state index contributed by atoms with van der Waals surface area (Å²) in [5.74, 6) is -0.706. The summed E-state index contributed by atoms with van der Waals surface area (Å²) in [6, 6.07) is 0. The maximum Gasteiger partial charge on any atom is 0.309 e. The van der Waals surface area contributed by atoms with E-state index < -0.39 is 5.97 Å². The predicted molar refractivity (Wildman–Crippen MR) is 67.4 cm³/mol. The molecular formula is C13H28NO2+. The van der Waals surface area contributed by atoms with E-state index in [2.05, 4.69) is 48.6 Å². The molecule has 1 N–H and O–H groups in total. The fourth-order valence-electron chi connectivity index (χ4n) is 2.04. The first-order valence-electron chi connectivity index (χ1n) is 5.94. The summed E-state index contributed by atoms with van der Waals surface area (Å²) in [4.78, 5) is 10.7. The lowest BCUT2D eigenvalue weighted by Crippen LogP contribution is -2.61. The van der Waals surface area contributed by atoms with Crippen molar-refractivity contribution >= 4 is 5.97 Å². The van der Waals surface area contributed by atoms with Gasteiger partial charge in [0.1, 0.15) is 0 Å². The third kappa shape index (κ3) is 4.97. The number of rotatable bonds is 4. The molecule has 0 heterocycles. The summed E-state index contributed by atoms with van der Waals surface area (Å²) < 4.78 is 0.794. The molecule has 1 unspecified atom stereocenters. The van der Waals surface area contributed by atoms with Gasteiger partial charge in [-0.25, -0.2) is 0 Å². The molecule has 3 nitrogen and oxygen atoms in total. The molecule has 0 aliphatic heterocycles. The Bertz CT molecular complexity index is 248. The molecule has 0 fully saturated rings. The lowest BCUT2D eigenvalue weighted by molar-refractivity contribution is -0.958. The topological polar surface area (TPSA) is 37.3 Å².